The first-order valence-electron chi connectivity index (χ1n) is 6.61. The monoisotopic (exact) mass is 243 g/mol. The molecule has 1 fully saturated rings. The van der Waals surface area contributed by atoms with E-state index in [-0.39, 0.29) is 5.56 Å². The lowest BCUT2D eigenvalue weighted by Gasteiger charge is -2.23. The summed E-state index contributed by atoms with van der Waals surface area (Å²) < 4.78 is 0.859. The van der Waals surface area contributed by atoms with Crippen LogP contribution in [0.1, 0.15) is 43.7 Å². The Kier molecular flexibility index (Phi) is 2.82. The van der Waals surface area contributed by atoms with Crippen molar-refractivity contribution in [1.82, 2.24) is 4.73 Å². The molecule has 0 radical (unpaired) electrons. The number of rotatable bonds is 1. The van der Waals surface area contributed by atoms with Crippen LogP contribution in [0, 0.1) is 0 Å². The Bertz CT molecular complexity index is 624. The molecule has 0 aliphatic heterocycles. The fourth-order valence-corrected chi connectivity index (χ4v) is 2.96. The van der Waals surface area contributed by atoms with Crippen LogP contribution in [0.15, 0.2) is 35.1 Å². The summed E-state index contributed by atoms with van der Waals surface area (Å²) in [5.74, 6) is 0.320. The van der Waals surface area contributed by atoms with Gasteiger partial charge in [0.1, 0.15) is 0 Å². The van der Waals surface area contributed by atoms with E-state index in [2.05, 4.69) is 0 Å². The smallest absolute Gasteiger partial charge is 0.290 e. The van der Waals surface area contributed by atoms with Crippen molar-refractivity contribution in [2.75, 3.05) is 0 Å². The Morgan fingerprint density at radius 3 is 2.61 bits per heavy atom. The van der Waals surface area contributed by atoms with Crippen molar-refractivity contribution >= 4 is 10.8 Å². The lowest BCUT2D eigenvalue weighted by molar-refractivity contribution is 0.158. The van der Waals surface area contributed by atoms with Gasteiger partial charge in [0.25, 0.3) is 5.56 Å². The van der Waals surface area contributed by atoms with Gasteiger partial charge in [-0.15, -0.1) is 0 Å². The third kappa shape index (κ3) is 1.80. The number of nitrogens with zero attached hydrogens (tertiary/aromatic N) is 1. The van der Waals surface area contributed by atoms with Crippen LogP contribution < -0.4 is 5.56 Å². The van der Waals surface area contributed by atoms with Crippen molar-refractivity contribution in [3.05, 3.63) is 46.4 Å². The molecule has 0 saturated heterocycles. The SMILES string of the molecule is O=c1c2ccccc2cc(C2CCCCC2)n1O. The van der Waals surface area contributed by atoms with Crippen LogP contribution >= 0.6 is 0 Å². The first-order valence-corrected chi connectivity index (χ1v) is 6.61. The number of hydrogen-bond acceptors (Lipinski definition) is 2. The van der Waals surface area contributed by atoms with Crippen LogP contribution in [0.2, 0.25) is 0 Å². The van der Waals surface area contributed by atoms with E-state index in [0.717, 1.165) is 28.7 Å². The fourth-order valence-electron chi connectivity index (χ4n) is 2.96. The van der Waals surface area contributed by atoms with Gasteiger partial charge >= 0.3 is 0 Å². The Hall–Kier alpha value is -1.77. The van der Waals surface area contributed by atoms with Crippen LogP contribution in [0.3, 0.4) is 0 Å². The van der Waals surface area contributed by atoms with E-state index in [1.807, 2.05) is 24.3 Å². The van der Waals surface area contributed by atoms with E-state index >= 15 is 0 Å². The molecule has 3 rings (SSSR count). The molecule has 1 aromatic heterocycles. The third-order valence-electron chi connectivity index (χ3n) is 3.95. The van der Waals surface area contributed by atoms with Gasteiger partial charge in [0.15, 0.2) is 0 Å². The van der Waals surface area contributed by atoms with Gasteiger partial charge in [-0.3, -0.25) is 4.79 Å². The Morgan fingerprint density at radius 2 is 1.83 bits per heavy atom. The molecule has 2 aromatic rings. The largest absolute Gasteiger partial charge is 0.425 e. The molecule has 1 aliphatic carbocycles. The molecule has 3 heteroatoms. The van der Waals surface area contributed by atoms with Gasteiger partial charge < -0.3 is 5.21 Å². The van der Waals surface area contributed by atoms with Crippen molar-refractivity contribution in [3.63, 3.8) is 0 Å². The second kappa shape index (κ2) is 4.48. The van der Waals surface area contributed by atoms with Gasteiger partial charge in [-0.05, 0) is 30.4 Å². The summed E-state index contributed by atoms with van der Waals surface area (Å²) in [4.78, 5) is 12.1. The van der Waals surface area contributed by atoms with Gasteiger partial charge in [0.2, 0.25) is 0 Å². The molecule has 1 aromatic carbocycles. The van der Waals surface area contributed by atoms with Crippen molar-refractivity contribution in [1.29, 1.82) is 0 Å². The zero-order valence-corrected chi connectivity index (χ0v) is 10.3. The summed E-state index contributed by atoms with van der Waals surface area (Å²) in [6.07, 6.45) is 5.77. The highest BCUT2D eigenvalue weighted by Gasteiger charge is 2.20. The van der Waals surface area contributed by atoms with Crippen LogP contribution in [0.25, 0.3) is 10.8 Å². The molecule has 3 nitrogen and oxygen atoms in total. The lowest BCUT2D eigenvalue weighted by atomic mass is 9.86. The maximum atomic E-state index is 12.1. The van der Waals surface area contributed by atoms with Crippen molar-refractivity contribution in [2.24, 2.45) is 0 Å². The average molecular weight is 243 g/mol. The van der Waals surface area contributed by atoms with Crippen molar-refractivity contribution in [2.45, 2.75) is 38.0 Å². The van der Waals surface area contributed by atoms with E-state index in [1.165, 1.54) is 19.3 Å². The van der Waals surface area contributed by atoms with Crippen LogP contribution in [-0.4, -0.2) is 9.94 Å². The second-order valence-corrected chi connectivity index (χ2v) is 5.11. The van der Waals surface area contributed by atoms with Crippen molar-refractivity contribution < 1.29 is 5.21 Å². The summed E-state index contributed by atoms with van der Waals surface area (Å²) in [5, 5.41) is 11.6. The third-order valence-corrected chi connectivity index (χ3v) is 3.95. The minimum atomic E-state index is -0.298. The molecular weight excluding hydrogens is 226 g/mol. The number of hydrogen-bond donors (Lipinski definition) is 1. The summed E-state index contributed by atoms with van der Waals surface area (Å²) in [7, 11) is 0. The molecule has 18 heavy (non-hydrogen) atoms. The minimum Gasteiger partial charge on any atom is -0.425 e. The van der Waals surface area contributed by atoms with Crippen LogP contribution in [-0.2, 0) is 0 Å². The first kappa shape index (κ1) is 11.3. The van der Waals surface area contributed by atoms with Crippen LogP contribution in [0.4, 0.5) is 0 Å². The lowest BCUT2D eigenvalue weighted by Crippen LogP contribution is -2.24. The molecule has 1 aliphatic rings. The molecule has 1 saturated carbocycles. The number of benzene rings is 1. The summed E-state index contributed by atoms with van der Waals surface area (Å²) >= 11 is 0. The quantitative estimate of drug-likeness (QED) is 0.781. The number of pyridine rings is 1. The molecule has 0 unspecified atom stereocenters. The highest BCUT2D eigenvalue weighted by molar-refractivity contribution is 5.81. The molecule has 0 amide bonds. The summed E-state index contributed by atoms with van der Waals surface area (Å²) in [6, 6.07) is 9.41. The van der Waals surface area contributed by atoms with E-state index in [4.69, 9.17) is 0 Å². The zero-order chi connectivity index (χ0) is 12.5. The van der Waals surface area contributed by atoms with Gasteiger partial charge in [-0.1, -0.05) is 37.5 Å². The highest BCUT2D eigenvalue weighted by Crippen LogP contribution is 2.32. The fraction of sp³-hybridized carbons (Fsp3) is 0.400. The predicted octanol–water partition coefficient (Wildman–Crippen LogP) is 3.29. The Balaban J connectivity index is 2.17. The van der Waals surface area contributed by atoms with Gasteiger partial charge in [-0.25, -0.2) is 0 Å². The Morgan fingerprint density at radius 1 is 1.11 bits per heavy atom. The molecule has 94 valence electrons. The van der Waals surface area contributed by atoms with Gasteiger partial charge in [-0.2, -0.15) is 4.73 Å². The first-order chi connectivity index (χ1) is 8.77. The molecule has 1 N–H and O–H groups in total. The van der Waals surface area contributed by atoms with E-state index in [9.17, 15) is 10.0 Å². The number of fused-ring (bicyclic) bond motifs is 1. The summed E-state index contributed by atoms with van der Waals surface area (Å²) in [6.45, 7) is 0. The van der Waals surface area contributed by atoms with E-state index in [0.29, 0.717) is 11.3 Å². The number of aromatic nitrogens is 1. The molecule has 0 spiro atoms. The minimum absolute atomic E-state index is 0.298. The highest BCUT2D eigenvalue weighted by atomic mass is 16.5. The molecule has 1 heterocycles. The topological polar surface area (TPSA) is 42.2 Å². The molecule has 0 atom stereocenters. The maximum absolute atomic E-state index is 12.1. The van der Waals surface area contributed by atoms with E-state index < -0.39 is 0 Å². The molecular formula is C15H17NO2. The summed E-state index contributed by atoms with van der Waals surface area (Å²) in [5.41, 5.74) is 0.479. The normalized spacial score (nSPS) is 17.1. The van der Waals surface area contributed by atoms with Crippen molar-refractivity contribution in [3.8, 4) is 0 Å². The second-order valence-electron chi connectivity index (χ2n) is 5.11. The van der Waals surface area contributed by atoms with Gasteiger partial charge in [0, 0.05) is 5.92 Å². The Labute approximate surface area is 106 Å². The predicted molar refractivity (Wildman–Crippen MR) is 71.2 cm³/mol. The van der Waals surface area contributed by atoms with E-state index in [1.54, 1.807) is 6.07 Å². The zero-order valence-electron chi connectivity index (χ0n) is 10.3. The average Bonchev–Trinajstić information content (AvgIpc) is 2.44. The maximum Gasteiger partial charge on any atom is 0.290 e. The van der Waals surface area contributed by atoms with Gasteiger partial charge in [0.05, 0.1) is 11.1 Å². The standard InChI is InChI=1S/C15H17NO2/c17-15-13-9-5-4-8-12(13)10-14(16(15)18)11-6-2-1-3-7-11/h4-5,8-11,18H,1-3,6-7H2. The molecule has 0 bridgehead atoms. The van der Waals surface area contributed by atoms with Crippen LogP contribution in [0.5, 0.6) is 0 Å².